The molecule has 0 radical (unpaired) electrons. The first kappa shape index (κ1) is 14.5. The van der Waals surface area contributed by atoms with Crippen LogP contribution in [0.5, 0.6) is 0 Å². The minimum atomic E-state index is -0.553. The molecule has 3 rings (SSSR count). The van der Waals surface area contributed by atoms with Crippen LogP contribution in [0.25, 0.3) is 0 Å². The van der Waals surface area contributed by atoms with Gasteiger partial charge in [0.25, 0.3) is 5.91 Å². The molecule has 22 heavy (non-hydrogen) atoms. The molecule has 1 aromatic rings. The molecule has 7 nitrogen and oxygen atoms in total. The van der Waals surface area contributed by atoms with E-state index in [9.17, 15) is 9.59 Å². The van der Waals surface area contributed by atoms with E-state index in [0.29, 0.717) is 24.9 Å². The Kier molecular flexibility index (Phi) is 3.16. The number of likely N-dealkylation sites (N-methyl/N-ethyl adjacent to an activating group) is 2. The summed E-state index contributed by atoms with van der Waals surface area (Å²) in [6, 6.07) is -0.875. The number of imidazole rings is 1. The SMILES string of the molecule is C=CC[n+]1c(C)c(C)n2c1N=C1C2C(=O)N(CC)C(=O)N1C. The predicted molar refractivity (Wildman–Crippen MR) is 81.0 cm³/mol. The Balaban J connectivity index is 2.21. The summed E-state index contributed by atoms with van der Waals surface area (Å²) in [7, 11) is 1.66. The minimum Gasteiger partial charge on any atom is -0.270 e. The van der Waals surface area contributed by atoms with Crippen LogP contribution in [0, 0.1) is 13.8 Å². The summed E-state index contributed by atoms with van der Waals surface area (Å²) in [4.78, 5) is 32.3. The van der Waals surface area contributed by atoms with Crippen LogP contribution in [0.2, 0.25) is 0 Å². The molecule has 0 spiro atoms. The first-order valence-electron chi connectivity index (χ1n) is 7.33. The zero-order valence-corrected chi connectivity index (χ0v) is 13.3. The molecule has 0 N–H and O–H groups in total. The average Bonchev–Trinajstić information content (AvgIpc) is 2.98. The number of allylic oxidation sites excluding steroid dienone is 1. The lowest BCUT2D eigenvalue weighted by Crippen LogP contribution is -2.57. The van der Waals surface area contributed by atoms with Crippen molar-refractivity contribution in [3.63, 3.8) is 0 Å². The molecule has 2 aliphatic rings. The van der Waals surface area contributed by atoms with Crippen molar-refractivity contribution < 1.29 is 14.2 Å². The Morgan fingerprint density at radius 1 is 1.36 bits per heavy atom. The van der Waals surface area contributed by atoms with Crippen LogP contribution in [0.1, 0.15) is 24.4 Å². The summed E-state index contributed by atoms with van der Waals surface area (Å²) < 4.78 is 3.93. The second-order valence-electron chi connectivity index (χ2n) is 5.54. The van der Waals surface area contributed by atoms with Crippen LogP contribution in [0.3, 0.4) is 0 Å². The number of amides is 3. The molecule has 0 bridgehead atoms. The Hall–Kier alpha value is -2.44. The number of nitrogens with zero attached hydrogens (tertiary/aromatic N) is 5. The molecular formula is C15H20N5O2+. The van der Waals surface area contributed by atoms with Crippen LogP contribution in [0.15, 0.2) is 17.6 Å². The van der Waals surface area contributed by atoms with E-state index in [-0.39, 0.29) is 11.9 Å². The highest BCUT2D eigenvalue weighted by atomic mass is 16.2. The van der Waals surface area contributed by atoms with E-state index in [1.54, 1.807) is 20.0 Å². The van der Waals surface area contributed by atoms with Gasteiger partial charge in [-0.3, -0.25) is 14.6 Å². The summed E-state index contributed by atoms with van der Waals surface area (Å²) >= 11 is 0. The Morgan fingerprint density at radius 3 is 2.64 bits per heavy atom. The number of aromatic nitrogens is 2. The molecule has 7 heteroatoms. The quantitative estimate of drug-likeness (QED) is 0.619. The number of fused-ring (bicyclic) bond motifs is 3. The minimum absolute atomic E-state index is 0.216. The molecule has 0 aliphatic carbocycles. The average molecular weight is 302 g/mol. The van der Waals surface area contributed by atoms with Crippen molar-refractivity contribution in [3.8, 4) is 0 Å². The molecule has 1 aromatic heterocycles. The van der Waals surface area contributed by atoms with E-state index < -0.39 is 6.04 Å². The van der Waals surface area contributed by atoms with Crippen LogP contribution < -0.4 is 4.57 Å². The zero-order valence-electron chi connectivity index (χ0n) is 13.3. The standard InChI is InChI=1S/C15H20N5O2/c1-6-8-19-9(3)10(4)20-11-12(16-14(19)20)17(5)15(22)18(7-2)13(11)21/h6,11H,1,7-8H2,2-5H3/q+1. The van der Waals surface area contributed by atoms with Crippen molar-refractivity contribution in [2.45, 2.75) is 33.4 Å². The maximum atomic E-state index is 12.7. The van der Waals surface area contributed by atoms with Crippen LogP contribution in [-0.2, 0) is 11.3 Å². The third-order valence-electron chi connectivity index (χ3n) is 4.45. The van der Waals surface area contributed by atoms with Gasteiger partial charge in [-0.05, 0) is 20.8 Å². The zero-order chi connectivity index (χ0) is 16.2. The molecule has 116 valence electrons. The number of carbonyl (C=O) groups excluding carboxylic acids is 2. The van der Waals surface area contributed by atoms with Gasteiger partial charge in [-0.15, -0.1) is 0 Å². The molecule has 0 saturated carbocycles. The van der Waals surface area contributed by atoms with Gasteiger partial charge in [0.05, 0.1) is 6.54 Å². The van der Waals surface area contributed by atoms with Crippen molar-refractivity contribution >= 4 is 23.7 Å². The molecule has 1 atom stereocenters. The number of aliphatic imine (C=N–C) groups is 1. The Bertz CT molecular complexity index is 731. The van der Waals surface area contributed by atoms with Crippen LogP contribution in [0.4, 0.5) is 10.7 Å². The first-order chi connectivity index (χ1) is 10.4. The number of urea groups is 1. The van der Waals surface area contributed by atoms with E-state index in [1.807, 2.05) is 23.0 Å². The maximum Gasteiger partial charge on any atom is 0.402 e. The van der Waals surface area contributed by atoms with E-state index in [2.05, 4.69) is 11.6 Å². The highest BCUT2D eigenvalue weighted by Gasteiger charge is 2.53. The lowest BCUT2D eigenvalue weighted by Gasteiger charge is -2.32. The number of amidine groups is 1. The van der Waals surface area contributed by atoms with Crippen molar-refractivity contribution in [1.29, 1.82) is 0 Å². The fraction of sp³-hybridized carbons (Fsp3) is 0.467. The number of carbonyl (C=O) groups is 2. The van der Waals surface area contributed by atoms with Gasteiger partial charge in [-0.25, -0.2) is 13.9 Å². The summed E-state index contributed by atoms with van der Waals surface area (Å²) in [5.74, 6) is 0.975. The summed E-state index contributed by atoms with van der Waals surface area (Å²) in [6.45, 7) is 10.5. The van der Waals surface area contributed by atoms with E-state index in [1.165, 1.54) is 9.80 Å². The summed E-state index contributed by atoms with van der Waals surface area (Å²) in [5.41, 5.74) is 2.03. The van der Waals surface area contributed by atoms with Crippen LogP contribution in [-0.4, -0.2) is 45.7 Å². The van der Waals surface area contributed by atoms with Gasteiger partial charge in [0.1, 0.15) is 11.4 Å². The lowest BCUT2D eigenvalue weighted by molar-refractivity contribution is -0.679. The molecule has 3 amide bonds. The molecular weight excluding hydrogens is 282 g/mol. The van der Waals surface area contributed by atoms with Gasteiger partial charge in [-0.1, -0.05) is 17.6 Å². The molecule has 3 heterocycles. The van der Waals surface area contributed by atoms with Crippen molar-refractivity contribution in [1.82, 2.24) is 14.4 Å². The second-order valence-corrected chi connectivity index (χ2v) is 5.54. The third kappa shape index (κ3) is 1.62. The van der Waals surface area contributed by atoms with Gasteiger partial charge in [0.2, 0.25) is 11.9 Å². The smallest absolute Gasteiger partial charge is 0.270 e. The number of hydrogen-bond acceptors (Lipinski definition) is 3. The normalized spacial score (nSPS) is 20.2. The molecule has 1 fully saturated rings. The number of imide groups is 1. The lowest BCUT2D eigenvalue weighted by atomic mass is 10.1. The fourth-order valence-electron chi connectivity index (χ4n) is 3.14. The summed E-state index contributed by atoms with van der Waals surface area (Å²) in [6.07, 6.45) is 1.80. The number of hydrogen-bond donors (Lipinski definition) is 0. The molecule has 1 unspecified atom stereocenters. The van der Waals surface area contributed by atoms with Gasteiger partial charge in [0, 0.05) is 13.6 Å². The Labute approximate surface area is 129 Å². The fourth-order valence-corrected chi connectivity index (χ4v) is 3.14. The Morgan fingerprint density at radius 2 is 2.05 bits per heavy atom. The molecule has 1 saturated heterocycles. The van der Waals surface area contributed by atoms with Gasteiger partial charge in [0.15, 0.2) is 0 Å². The maximum absolute atomic E-state index is 12.7. The highest BCUT2D eigenvalue weighted by molar-refractivity contribution is 6.20. The van der Waals surface area contributed by atoms with Crippen LogP contribution >= 0.6 is 0 Å². The van der Waals surface area contributed by atoms with Crippen molar-refractivity contribution in [2.75, 3.05) is 13.6 Å². The number of rotatable bonds is 3. The first-order valence-corrected chi connectivity index (χ1v) is 7.33. The largest absolute Gasteiger partial charge is 0.402 e. The second kappa shape index (κ2) is 4.79. The van der Waals surface area contributed by atoms with Gasteiger partial charge >= 0.3 is 12.0 Å². The highest BCUT2D eigenvalue weighted by Crippen LogP contribution is 2.34. The predicted octanol–water partition coefficient (Wildman–Crippen LogP) is 1.08. The van der Waals surface area contributed by atoms with Gasteiger partial charge < -0.3 is 0 Å². The third-order valence-corrected chi connectivity index (χ3v) is 4.45. The van der Waals surface area contributed by atoms with E-state index in [4.69, 9.17) is 0 Å². The van der Waals surface area contributed by atoms with E-state index >= 15 is 0 Å². The van der Waals surface area contributed by atoms with E-state index in [0.717, 1.165) is 11.4 Å². The molecule has 2 aliphatic heterocycles. The summed E-state index contributed by atoms with van der Waals surface area (Å²) in [5, 5.41) is 0. The topological polar surface area (TPSA) is 61.8 Å². The van der Waals surface area contributed by atoms with Crippen molar-refractivity contribution in [2.24, 2.45) is 4.99 Å². The van der Waals surface area contributed by atoms with Gasteiger partial charge in [-0.2, -0.15) is 0 Å². The monoisotopic (exact) mass is 302 g/mol. The molecule has 0 aromatic carbocycles. The van der Waals surface area contributed by atoms with Crippen molar-refractivity contribution in [3.05, 3.63) is 24.0 Å².